The molecule has 0 bridgehead atoms. The third kappa shape index (κ3) is 6.94. The van der Waals surface area contributed by atoms with Gasteiger partial charge in [-0.2, -0.15) is 4.98 Å². The number of carbonyl (C=O) groups is 1. The van der Waals surface area contributed by atoms with Crippen molar-refractivity contribution < 1.29 is 14.1 Å². The number of benzene rings is 1. The molecule has 0 spiro atoms. The second-order valence-corrected chi connectivity index (χ2v) is 9.16. The van der Waals surface area contributed by atoms with E-state index in [0.29, 0.717) is 30.7 Å². The van der Waals surface area contributed by atoms with E-state index >= 15 is 0 Å². The first-order chi connectivity index (χ1) is 16.1. The van der Waals surface area contributed by atoms with Gasteiger partial charge in [0.15, 0.2) is 11.6 Å². The van der Waals surface area contributed by atoms with Crippen LogP contribution >= 0.6 is 24.8 Å². The summed E-state index contributed by atoms with van der Waals surface area (Å²) in [5.41, 5.74) is 1.85. The van der Waals surface area contributed by atoms with Crippen molar-refractivity contribution in [3.8, 4) is 0 Å². The van der Waals surface area contributed by atoms with Gasteiger partial charge < -0.3 is 24.0 Å². The van der Waals surface area contributed by atoms with Crippen molar-refractivity contribution in [2.75, 3.05) is 33.4 Å². The molecule has 2 aromatic heterocycles. The van der Waals surface area contributed by atoms with Gasteiger partial charge in [0.2, 0.25) is 6.39 Å². The maximum absolute atomic E-state index is 14.0. The molecule has 0 saturated carbocycles. The predicted octanol–water partition coefficient (Wildman–Crippen LogP) is 3.93. The minimum absolute atomic E-state index is 0. The number of hydrogen-bond donors (Lipinski definition) is 1. The highest BCUT2D eigenvalue weighted by Gasteiger charge is 2.34. The summed E-state index contributed by atoms with van der Waals surface area (Å²) in [6, 6.07) is 8.00. The number of aryl methyl sites for hydroxylation is 1. The van der Waals surface area contributed by atoms with Crippen molar-refractivity contribution >= 4 is 41.8 Å². The van der Waals surface area contributed by atoms with Crippen molar-refractivity contribution in [3.63, 3.8) is 0 Å². The Balaban J connectivity index is 0.00000216. The standard InChI is InChI=1S/C24H34N6O3.2ClH/c1-17(2)15-30(19-12-18(13-25-14-19)22-26-16-33-28-22)24(31)23-27-20-8-4-5-9-21(20)29(23)10-6-7-11-32-3;;/h4-5,8-9,16-19,25H,6-7,10-15H2,1-3H3;2*1H/t18-,19+;;/m1../s1. The van der Waals surface area contributed by atoms with E-state index in [9.17, 15) is 4.79 Å². The Morgan fingerprint density at radius 3 is 2.77 bits per heavy atom. The zero-order valence-electron chi connectivity index (χ0n) is 20.6. The topological polar surface area (TPSA) is 98.3 Å². The Labute approximate surface area is 218 Å². The first kappa shape index (κ1) is 29.0. The van der Waals surface area contributed by atoms with Crippen LogP contribution in [0.5, 0.6) is 0 Å². The maximum Gasteiger partial charge on any atom is 0.290 e. The van der Waals surface area contributed by atoms with Crippen molar-refractivity contribution in [1.82, 2.24) is 29.9 Å². The lowest BCUT2D eigenvalue weighted by Gasteiger charge is -2.38. The van der Waals surface area contributed by atoms with Gasteiger partial charge in [0.25, 0.3) is 5.91 Å². The van der Waals surface area contributed by atoms with Gasteiger partial charge in [-0.25, -0.2) is 4.98 Å². The normalized spacial score (nSPS) is 17.7. The molecule has 194 valence electrons. The van der Waals surface area contributed by atoms with E-state index in [1.54, 1.807) is 7.11 Å². The Bertz CT molecular complexity index is 1040. The van der Waals surface area contributed by atoms with Crippen LogP contribution in [-0.4, -0.2) is 69.9 Å². The number of fused-ring (bicyclic) bond motifs is 1. The molecule has 0 radical (unpaired) electrons. The zero-order valence-corrected chi connectivity index (χ0v) is 22.2. The molecule has 2 atom stereocenters. The number of aromatic nitrogens is 4. The Hall–Kier alpha value is -2.20. The van der Waals surface area contributed by atoms with Crippen LogP contribution in [0.1, 0.15) is 55.5 Å². The number of rotatable bonds is 10. The molecule has 1 amide bonds. The number of para-hydroxylation sites is 2. The summed E-state index contributed by atoms with van der Waals surface area (Å²) in [5, 5.41) is 7.50. The second-order valence-electron chi connectivity index (χ2n) is 9.16. The van der Waals surface area contributed by atoms with Crippen LogP contribution in [0.4, 0.5) is 0 Å². The van der Waals surface area contributed by atoms with Gasteiger partial charge in [0.05, 0.1) is 11.0 Å². The Morgan fingerprint density at radius 1 is 1.26 bits per heavy atom. The molecule has 1 aromatic carbocycles. The van der Waals surface area contributed by atoms with E-state index < -0.39 is 0 Å². The molecule has 3 aromatic rings. The average Bonchev–Trinajstić information content (AvgIpc) is 3.48. The Kier molecular flexibility index (Phi) is 11.4. The van der Waals surface area contributed by atoms with E-state index in [4.69, 9.17) is 14.2 Å². The lowest BCUT2D eigenvalue weighted by molar-refractivity contribution is 0.0590. The van der Waals surface area contributed by atoms with Crippen LogP contribution in [0.3, 0.4) is 0 Å². The molecule has 11 heteroatoms. The predicted molar refractivity (Wildman–Crippen MR) is 140 cm³/mol. The van der Waals surface area contributed by atoms with Crippen LogP contribution in [0, 0.1) is 5.92 Å². The summed E-state index contributed by atoms with van der Waals surface area (Å²) < 4.78 is 12.2. The number of nitrogens with one attached hydrogen (secondary N) is 1. The highest BCUT2D eigenvalue weighted by molar-refractivity contribution is 5.95. The van der Waals surface area contributed by atoms with Crippen LogP contribution < -0.4 is 5.32 Å². The SMILES string of the molecule is COCCCCn1c(C(=O)N(CC(C)C)[C@@H]2CNC[C@H](c3ncon3)C2)nc2ccccc21.Cl.Cl. The molecule has 9 nitrogen and oxygen atoms in total. The summed E-state index contributed by atoms with van der Waals surface area (Å²) >= 11 is 0. The molecular formula is C24H36Cl2N6O3. The largest absolute Gasteiger partial charge is 0.385 e. The van der Waals surface area contributed by atoms with Gasteiger partial charge in [0.1, 0.15) is 0 Å². The maximum atomic E-state index is 14.0. The molecule has 3 heterocycles. The molecular weight excluding hydrogens is 491 g/mol. The van der Waals surface area contributed by atoms with Crippen LogP contribution in [0.2, 0.25) is 0 Å². The van der Waals surface area contributed by atoms with Crippen molar-refractivity contribution in [1.29, 1.82) is 0 Å². The van der Waals surface area contributed by atoms with Gasteiger partial charge in [-0.15, -0.1) is 24.8 Å². The minimum atomic E-state index is -0.0211. The molecule has 0 aliphatic carbocycles. The lowest BCUT2D eigenvalue weighted by atomic mass is 9.93. The van der Waals surface area contributed by atoms with E-state index in [0.717, 1.165) is 49.9 Å². The lowest BCUT2D eigenvalue weighted by Crippen LogP contribution is -2.52. The second kappa shape index (κ2) is 13.8. The number of amides is 1. The number of ether oxygens (including phenoxy) is 1. The quantitative estimate of drug-likeness (QED) is 0.399. The zero-order chi connectivity index (χ0) is 23.2. The average molecular weight is 527 g/mol. The summed E-state index contributed by atoms with van der Waals surface area (Å²) in [5.74, 6) is 1.62. The van der Waals surface area contributed by atoms with Crippen molar-refractivity contribution in [3.05, 3.63) is 42.3 Å². The van der Waals surface area contributed by atoms with E-state index in [1.807, 2.05) is 29.2 Å². The van der Waals surface area contributed by atoms with Crippen LogP contribution in [0.25, 0.3) is 11.0 Å². The van der Waals surface area contributed by atoms with E-state index in [-0.39, 0.29) is 42.7 Å². The summed E-state index contributed by atoms with van der Waals surface area (Å²) in [6.07, 6.45) is 4.01. The van der Waals surface area contributed by atoms with E-state index in [2.05, 4.69) is 33.9 Å². The molecule has 1 N–H and O–H groups in total. The van der Waals surface area contributed by atoms with Crippen LogP contribution in [-0.2, 0) is 11.3 Å². The number of carbonyl (C=O) groups excluding carboxylic acids is 1. The van der Waals surface area contributed by atoms with Crippen molar-refractivity contribution in [2.24, 2.45) is 5.92 Å². The van der Waals surface area contributed by atoms with Gasteiger partial charge in [-0.1, -0.05) is 31.1 Å². The van der Waals surface area contributed by atoms with Gasteiger partial charge in [0, 0.05) is 51.9 Å². The molecule has 35 heavy (non-hydrogen) atoms. The highest BCUT2D eigenvalue weighted by atomic mass is 35.5. The molecule has 1 saturated heterocycles. The smallest absolute Gasteiger partial charge is 0.290 e. The van der Waals surface area contributed by atoms with Gasteiger partial charge in [-0.3, -0.25) is 4.79 Å². The van der Waals surface area contributed by atoms with E-state index in [1.165, 1.54) is 6.39 Å². The third-order valence-electron chi connectivity index (χ3n) is 6.16. The van der Waals surface area contributed by atoms with Gasteiger partial charge >= 0.3 is 0 Å². The van der Waals surface area contributed by atoms with Crippen LogP contribution in [0.15, 0.2) is 35.2 Å². The Morgan fingerprint density at radius 2 is 2.06 bits per heavy atom. The molecule has 1 fully saturated rings. The monoisotopic (exact) mass is 526 g/mol. The fourth-order valence-electron chi connectivity index (χ4n) is 4.61. The van der Waals surface area contributed by atoms with Crippen molar-refractivity contribution in [2.45, 2.75) is 51.6 Å². The van der Waals surface area contributed by atoms with Gasteiger partial charge in [-0.05, 0) is 37.3 Å². The number of unbranched alkanes of at least 4 members (excludes halogenated alkanes) is 1. The summed E-state index contributed by atoms with van der Waals surface area (Å²) in [7, 11) is 1.71. The third-order valence-corrected chi connectivity index (χ3v) is 6.16. The molecule has 1 aliphatic rings. The first-order valence-electron chi connectivity index (χ1n) is 11.8. The molecule has 0 unspecified atom stereocenters. The number of piperidine rings is 1. The highest BCUT2D eigenvalue weighted by Crippen LogP contribution is 2.26. The fraction of sp³-hybridized carbons (Fsp3) is 0.583. The minimum Gasteiger partial charge on any atom is -0.385 e. The number of imidazole rings is 1. The molecule has 1 aliphatic heterocycles. The number of hydrogen-bond acceptors (Lipinski definition) is 7. The fourth-order valence-corrected chi connectivity index (χ4v) is 4.61. The first-order valence-corrected chi connectivity index (χ1v) is 11.8. The summed E-state index contributed by atoms with van der Waals surface area (Å²) in [4.78, 5) is 25.0. The summed E-state index contributed by atoms with van der Waals surface area (Å²) in [6.45, 7) is 7.90. The number of methoxy groups -OCH3 is 1. The number of nitrogens with zero attached hydrogens (tertiary/aromatic N) is 5. The number of halogens is 2. The molecule has 4 rings (SSSR count).